The molecule has 0 bridgehead atoms. The van der Waals surface area contributed by atoms with Gasteiger partial charge in [0.15, 0.2) is 0 Å². The van der Waals surface area contributed by atoms with E-state index in [9.17, 15) is 0 Å². The maximum Gasteiger partial charge on any atom is 0.0635 e. The fraction of sp³-hybridized carbons (Fsp3) is 0.562. The van der Waals surface area contributed by atoms with E-state index in [2.05, 4.69) is 61.3 Å². The summed E-state index contributed by atoms with van der Waals surface area (Å²) in [5, 5.41) is 0. The topological polar surface area (TPSA) is 15.6 Å². The van der Waals surface area contributed by atoms with Crippen LogP contribution in [0.3, 0.4) is 0 Å². The predicted octanol–water partition coefficient (Wildman–Crippen LogP) is 3.23. The average Bonchev–Trinajstić information content (AvgIpc) is 2.37. The summed E-state index contributed by atoms with van der Waals surface area (Å²) in [5.41, 5.74) is 1.29. The van der Waals surface area contributed by atoms with E-state index in [0.717, 1.165) is 19.0 Å². The maximum absolute atomic E-state index is 4.62. The van der Waals surface area contributed by atoms with Gasteiger partial charge in [0.25, 0.3) is 0 Å². The van der Waals surface area contributed by atoms with Crippen molar-refractivity contribution in [2.24, 2.45) is 16.8 Å². The van der Waals surface area contributed by atoms with Crippen molar-refractivity contribution in [3.05, 3.63) is 35.9 Å². The van der Waals surface area contributed by atoms with Gasteiger partial charge in [0.2, 0.25) is 0 Å². The van der Waals surface area contributed by atoms with Gasteiger partial charge in [-0.2, -0.15) is 0 Å². The molecular weight excluding hydrogens is 220 g/mol. The molecule has 1 fully saturated rings. The molecule has 98 valence electrons. The third kappa shape index (κ3) is 3.42. The van der Waals surface area contributed by atoms with Crippen molar-refractivity contribution in [2.45, 2.75) is 32.9 Å². The summed E-state index contributed by atoms with van der Waals surface area (Å²) in [5.74, 6) is 1.35. The van der Waals surface area contributed by atoms with Crippen LogP contribution in [0.15, 0.2) is 35.3 Å². The molecule has 2 rings (SSSR count). The zero-order chi connectivity index (χ0) is 13.0. The predicted molar refractivity (Wildman–Crippen MR) is 78.0 cm³/mol. The summed E-state index contributed by atoms with van der Waals surface area (Å²) in [6, 6.07) is 11.2. The molecule has 2 nitrogen and oxygen atoms in total. The van der Waals surface area contributed by atoms with E-state index in [1.54, 1.807) is 0 Å². The first-order valence-electron chi connectivity index (χ1n) is 6.91. The Bertz CT molecular complexity index is 385. The summed E-state index contributed by atoms with van der Waals surface area (Å²) in [4.78, 5) is 7.07. The molecule has 1 aliphatic rings. The van der Waals surface area contributed by atoms with Gasteiger partial charge in [-0.1, -0.05) is 37.3 Å². The Morgan fingerprint density at radius 3 is 2.72 bits per heavy atom. The van der Waals surface area contributed by atoms with Crippen LogP contribution < -0.4 is 0 Å². The summed E-state index contributed by atoms with van der Waals surface area (Å²) >= 11 is 0. The smallest absolute Gasteiger partial charge is 0.0635 e. The molecule has 18 heavy (non-hydrogen) atoms. The normalized spacial score (nSPS) is 29.8. The van der Waals surface area contributed by atoms with Crippen molar-refractivity contribution >= 4 is 6.21 Å². The molecule has 0 aromatic heterocycles. The first-order chi connectivity index (χ1) is 8.66. The fourth-order valence-corrected chi connectivity index (χ4v) is 2.66. The molecule has 0 spiro atoms. The molecular formula is C16H24N2. The van der Waals surface area contributed by atoms with Crippen LogP contribution in [0.4, 0.5) is 0 Å². The van der Waals surface area contributed by atoms with Crippen LogP contribution in [0.25, 0.3) is 0 Å². The fourth-order valence-electron chi connectivity index (χ4n) is 2.66. The Labute approximate surface area is 111 Å². The highest BCUT2D eigenvalue weighted by molar-refractivity contribution is 5.61. The minimum absolute atomic E-state index is 0.606. The largest absolute Gasteiger partial charge is 0.303 e. The SMILES string of the molecule is CC1CC(C)N(C)CC1C=NCc1ccccc1. The van der Waals surface area contributed by atoms with Crippen LogP contribution in [-0.4, -0.2) is 30.7 Å². The van der Waals surface area contributed by atoms with Crippen LogP contribution in [0.5, 0.6) is 0 Å². The highest BCUT2D eigenvalue weighted by atomic mass is 15.1. The van der Waals surface area contributed by atoms with Crippen LogP contribution in [-0.2, 0) is 6.54 Å². The summed E-state index contributed by atoms with van der Waals surface area (Å²) in [6.45, 7) is 6.61. The van der Waals surface area contributed by atoms with Gasteiger partial charge in [-0.3, -0.25) is 4.99 Å². The van der Waals surface area contributed by atoms with Crippen molar-refractivity contribution in [1.82, 2.24) is 4.90 Å². The van der Waals surface area contributed by atoms with Crippen molar-refractivity contribution < 1.29 is 0 Å². The number of hydrogen-bond donors (Lipinski definition) is 0. The molecule has 1 aromatic rings. The zero-order valence-electron chi connectivity index (χ0n) is 11.7. The van der Waals surface area contributed by atoms with Gasteiger partial charge in [-0.15, -0.1) is 0 Å². The summed E-state index contributed by atoms with van der Waals surface area (Å²) < 4.78 is 0. The molecule has 1 saturated heterocycles. The monoisotopic (exact) mass is 244 g/mol. The Kier molecular flexibility index (Phi) is 4.54. The Morgan fingerprint density at radius 1 is 1.28 bits per heavy atom. The first-order valence-corrected chi connectivity index (χ1v) is 6.91. The van der Waals surface area contributed by atoms with Gasteiger partial charge < -0.3 is 4.90 Å². The Hall–Kier alpha value is -1.15. The molecule has 1 aromatic carbocycles. The lowest BCUT2D eigenvalue weighted by Crippen LogP contribution is -2.43. The van der Waals surface area contributed by atoms with Gasteiger partial charge in [-0.25, -0.2) is 0 Å². The second kappa shape index (κ2) is 6.14. The van der Waals surface area contributed by atoms with Crippen LogP contribution in [0.1, 0.15) is 25.8 Å². The van der Waals surface area contributed by atoms with Crippen LogP contribution in [0, 0.1) is 11.8 Å². The molecule has 0 amide bonds. The molecule has 3 atom stereocenters. The average molecular weight is 244 g/mol. The molecule has 3 unspecified atom stereocenters. The van der Waals surface area contributed by atoms with Gasteiger partial charge in [-0.05, 0) is 31.9 Å². The number of benzene rings is 1. The minimum atomic E-state index is 0.606. The highest BCUT2D eigenvalue weighted by Crippen LogP contribution is 2.25. The number of likely N-dealkylation sites (tertiary alicyclic amines) is 1. The quantitative estimate of drug-likeness (QED) is 0.745. The highest BCUT2D eigenvalue weighted by Gasteiger charge is 2.27. The van der Waals surface area contributed by atoms with Gasteiger partial charge >= 0.3 is 0 Å². The molecule has 1 heterocycles. The number of nitrogens with zero attached hydrogens (tertiary/aromatic N) is 2. The van der Waals surface area contributed by atoms with E-state index in [0.29, 0.717) is 12.0 Å². The van der Waals surface area contributed by atoms with Crippen molar-refractivity contribution in [1.29, 1.82) is 0 Å². The van der Waals surface area contributed by atoms with Crippen LogP contribution in [0.2, 0.25) is 0 Å². The van der Waals surface area contributed by atoms with E-state index >= 15 is 0 Å². The molecule has 0 saturated carbocycles. The third-order valence-electron chi connectivity index (χ3n) is 4.11. The Morgan fingerprint density at radius 2 is 2.00 bits per heavy atom. The second-order valence-corrected chi connectivity index (χ2v) is 5.64. The number of hydrogen-bond acceptors (Lipinski definition) is 2. The maximum atomic E-state index is 4.62. The van der Waals surface area contributed by atoms with Crippen molar-refractivity contribution in [3.63, 3.8) is 0 Å². The number of aliphatic imine (C=N–C) groups is 1. The van der Waals surface area contributed by atoms with Gasteiger partial charge in [0.05, 0.1) is 6.54 Å². The van der Waals surface area contributed by atoms with Gasteiger partial charge in [0.1, 0.15) is 0 Å². The number of rotatable bonds is 3. The Balaban J connectivity index is 1.89. The third-order valence-corrected chi connectivity index (χ3v) is 4.11. The molecule has 0 radical (unpaired) electrons. The molecule has 0 N–H and O–H groups in total. The standard InChI is InChI=1S/C16H24N2/c1-13-9-14(2)18(3)12-16(13)11-17-10-15-7-5-4-6-8-15/h4-8,11,13-14,16H,9-10,12H2,1-3H3. The van der Waals surface area contributed by atoms with Crippen molar-refractivity contribution in [3.8, 4) is 0 Å². The van der Waals surface area contributed by atoms with E-state index in [1.165, 1.54) is 12.0 Å². The van der Waals surface area contributed by atoms with E-state index < -0.39 is 0 Å². The first kappa shape index (κ1) is 13.3. The zero-order valence-corrected chi connectivity index (χ0v) is 11.7. The summed E-state index contributed by atoms with van der Waals surface area (Å²) in [7, 11) is 2.22. The minimum Gasteiger partial charge on any atom is -0.303 e. The van der Waals surface area contributed by atoms with Crippen molar-refractivity contribution in [2.75, 3.05) is 13.6 Å². The van der Waals surface area contributed by atoms with E-state index in [4.69, 9.17) is 0 Å². The van der Waals surface area contributed by atoms with E-state index in [1.807, 2.05) is 6.07 Å². The van der Waals surface area contributed by atoms with Crippen LogP contribution >= 0.6 is 0 Å². The lowest BCUT2D eigenvalue weighted by Gasteiger charge is -2.38. The molecule has 2 heteroatoms. The summed E-state index contributed by atoms with van der Waals surface area (Å²) in [6.07, 6.45) is 3.46. The second-order valence-electron chi connectivity index (χ2n) is 5.64. The van der Waals surface area contributed by atoms with E-state index in [-0.39, 0.29) is 0 Å². The molecule has 0 aliphatic carbocycles. The van der Waals surface area contributed by atoms with Gasteiger partial charge in [0, 0.05) is 24.7 Å². The lowest BCUT2D eigenvalue weighted by atomic mass is 9.84. The number of piperidine rings is 1. The lowest BCUT2D eigenvalue weighted by molar-refractivity contribution is 0.136. The molecule has 1 aliphatic heterocycles.